The number of hydrogen-bond donors (Lipinski definition) is 3. The van der Waals surface area contributed by atoms with E-state index < -0.39 is 15.9 Å². The van der Waals surface area contributed by atoms with Gasteiger partial charge in [0, 0.05) is 50.0 Å². The highest BCUT2D eigenvalue weighted by Crippen LogP contribution is 2.28. The second-order valence-electron chi connectivity index (χ2n) is 7.39. The van der Waals surface area contributed by atoms with Gasteiger partial charge in [-0.3, -0.25) is 9.59 Å². The summed E-state index contributed by atoms with van der Waals surface area (Å²) >= 11 is 0. The Bertz CT molecular complexity index is 1060. The summed E-state index contributed by atoms with van der Waals surface area (Å²) in [7, 11) is -0.383. The van der Waals surface area contributed by atoms with Gasteiger partial charge in [-0.05, 0) is 56.6 Å². The van der Waals surface area contributed by atoms with Crippen molar-refractivity contribution in [1.29, 1.82) is 0 Å². The lowest BCUT2D eigenvalue weighted by Gasteiger charge is -2.35. The Labute approximate surface area is 182 Å². The molecule has 0 saturated carbocycles. The zero-order valence-electron chi connectivity index (χ0n) is 17.8. The molecule has 3 N–H and O–H groups in total. The Morgan fingerprint density at radius 1 is 0.903 bits per heavy atom. The predicted molar refractivity (Wildman–Crippen MR) is 121 cm³/mol. The molecule has 1 fully saturated rings. The molecule has 0 spiro atoms. The molecule has 2 aromatic rings. The molecule has 2 amide bonds. The molecule has 10 heteroatoms. The van der Waals surface area contributed by atoms with Gasteiger partial charge in [-0.2, -0.15) is 0 Å². The summed E-state index contributed by atoms with van der Waals surface area (Å²) in [6, 6.07) is 11.4. The Kier molecular flexibility index (Phi) is 6.94. The van der Waals surface area contributed by atoms with Gasteiger partial charge in [0.05, 0.1) is 5.69 Å². The maximum atomic E-state index is 12.8. The number of rotatable bonds is 6. The standard InChI is InChI=1S/C21H27N5O4S/c1-15(27)23-17-5-7-18(8-6-17)24-21(28)16-4-9-19(20(14-16)31(29,30)22-2)26-12-10-25(3)11-13-26/h4-9,14,22H,10-13H2,1-3H3,(H,23,27)(H,24,28). The number of nitrogens with one attached hydrogen (secondary N) is 3. The van der Waals surface area contributed by atoms with Crippen LogP contribution < -0.4 is 20.3 Å². The van der Waals surface area contributed by atoms with Crippen LogP contribution in [0, 0.1) is 0 Å². The first-order chi connectivity index (χ1) is 14.7. The average Bonchev–Trinajstić information content (AvgIpc) is 2.75. The lowest BCUT2D eigenvalue weighted by molar-refractivity contribution is -0.114. The molecule has 3 rings (SSSR count). The zero-order chi connectivity index (χ0) is 22.6. The normalized spacial score (nSPS) is 14.9. The SMILES string of the molecule is CNS(=O)(=O)c1cc(C(=O)Nc2ccc(NC(C)=O)cc2)ccc1N1CCN(C)CC1. The van der Waals surface area contributed by atoms with Crippen LogP contribution in [0.4, 0.5) is 17.1 Å². The third-order valence-electron chi connectivity index (χ3n) is 5.09. The Morgan fingerprint density at radius 3 is 2.03 bits per heavy atom. The minimum Gasteiger partial charge on any atom is -0.368 e. The smallest absolute Gasteiger partial charge is 0.255 e. The largest absolute Gasteiger partial charge is 0.368 e. The molecule has 166 valence electrons. The Balaban J connectivity index is 1.85. The summed E-state index contributed by atoms with van der Waals surface area (Å²) < 4.78 is 27.7. The second-order valence-corrected chi connectivity index (χ2v) is 9.25. The van der Waals surface area contributed by atoms with Crippen molar-refractivity contribution >= 4 is 38.9 Å². The maximum Gasteiger partial charge on any atom is 0.255 e. The first kappa shape index (κ1) is 22.7. The van der Waals surface area contributed by atoms with Gasteiger partial charge in [-0.15, -0.1) is 0 Å². The van der Waals surface area contributed by atoms with Crippen molar-refractivity contribution in [3.8, 4) is 0 Å². The highest BCUT2D eigenvalue weighted by atomic mass is 32.2. The fraction of sp³-hybridized carbons (Fsp3) is 0.333. The number of sulfonamides is 1. The van der Waals surface area contributed by atoms with Crippen LogP contribution in [-0.2, 0) is 14.8 Å². The summed E-state index contributed by atoms with van der Waals surface area (Å²) in [5.74, 6) is -0.611. The first-order valence-corrected chi connectivity index (χ1v) is 11.4. The van der Waals surface area contributed by atoms with E-state index in [1.165, 1.54) is 20.0 Å². The van der Waals surface area contributed by atoms with E-state index >= 15 is 0 Å². The van der Waals surface area contributed by atoms with E-state index in [4.69, 9.17) is 0 Å². The van der Waals surface area contributed by atoms with Crippen molar-refractivity contribution in [3.05, 3.63) is 48.0 Å². The van der Waals surface area contributed by atoms with Crippen LogP contribution in [0.1, 0.15) is 17.3 Å². The maximum absolute atomic E-state index is 12.8. The van der Waals surface area contributed by atoms with Gasteiger partial charge in [0.1, 0.15) is 4.90 Å². The van der Waals surface area contributed by atoms with Gasteiger partial charge < -0.3 is 20.4 Å². The number of benzene rings is 2. The molecule has 0 unspecified atom stereocenters. The molecular formula is C21H27N5O4S. The van der Waals surface area contributed by atoms with Crippen LogP contribution in [0.15, 0.2) is 47.4 Å². The van der Waals surface area contributed by atoms with E-state index in [0.717, 1.165) is 13.1 Å². The van der Waals surface area contributed by atoms with Gasteiger partial charge in [0.25, 0.3) is 5.91 Å². The molecule has 1 heterocycles. The van der Waals surface area contributed by atoms with Crippen molar-refractivity contribution < 1.29 is 18.0 Å². The quantitative estimate of drug-likeness (QED) is 0.622. The van der Waals surface area contributed by atoms with Crippen LogP contribution in [0.25, 0.3) is 0 Å². The van der Waals surface area contributed by atoms with E-state index in [9.17, 15) is 18.0 Å². The van der Waals surface area contributed by atoms with E-state index in [2.05, 4.69) is 20.3 Å². The number of amides is 2. The van der Waals surface area contributed by atoms with Gasteiger partial charge in [0.2, 0.25) is 15.9 Å². The molecule has 0 bridgehead atoms. The zero-order valence-corrected chi connectivity index (χ0v) is 18.6. The van der Waals surface area contributed by atoms with Gasteiger partial charge in [-0.25, -0.2) is 13.1 Å². The van der Waals surface area contributed by atoms with Crippen LogP contribution in [-0.4, -0.2) is 65.4 Å². The molecule has 1 aliphatic rings. The average molecular weight is 446 g/mol. The molecule has 0 atom stereocenters. The van der Waals surface area contributed by atoms with Gasteiger partial charge in [-0.1, -0.05) is 0 Å². The van der Waals surface area contributed by atoms with Gasteiger partial charge >= 0.3 is 0 Å². The van der Waals surface area contributed by atoms with Crippen molar-refractivity contribution in [2.24, 2.45) is 0 Å². The molecule has 0 radical (unpaired) electrons. The van der Waals surface area contributed by atoms with E-state index in [0.29, 0.717) is 30.2 Å². The van der Waals surface area contributed by atoms with E-state index in [1.807, 2.05) is 11.9 Å². The van der Waals surface area contributed by atoms with Crippen LogP contribution >= 0.6 is 0 Å². The van der Waals surface area contributed by atoms with E-state index in [-0.39, 0.29) is 16.4 Å². The van der Waals surface area contributed by atoms with Crippen molar-refractivity contribution in [1.82, 2.24) is 9.62 Å². The van der Waals surface area contributed by atoms with Crippen LogP contribution in [0.2, 0.25) is 0 Å². The molecule has 1 saturated heterocycles. The molecule has 1 aliphatic heterocycles. The summed E-state index contributed by atoms with van der Waals surface area (Å²) in [4.78, 5) is 28.2. The third kappa shape index (κ3) is 5.60. The number of piperazine rings is 1. The monoisotopic (exact) mass is 445 g/mol. The van der Waals surface area contributed by atoms with Crippen molar-refractivity contribution in [3.63, 3.8) is 0 Å². The predicted octanol–water partition coefficient (Wildman–Crippen LogP) is 1.56. The fourth-order valence-electron chi connectivity index (χ4n) is 3.33. The molecule has 2 aromatic carbocycles. The minimum absolute atomic E-state index is 0.0770. The topological polar surface area (TPSA) is 111 Å². The molecule has 31 heavy (non-hydrogen) atoms. The van der Waals surface area contributed by atoms with Gasteiger partial charge in [0.15, 0.2) is 0 Å². The summed E-state index contributed by atoms with van der Waals surface area (Å²) in [6.07, 6.45) is 0. The van der Waals surface area contributed by atoms with Crippen molar-refractivity contribution in [2.75, 3.05) is 55.8 Å². The number of carbonyl (C=O) groups is 2. The Morgan fingerprint density at radius 2 is 1.48 bits per heavy atom. The number of nitrogens with zero attached hydrogens (tertiary/aromatic N) is 2. The van der Waals surface area contributed by atoms with E-state index in [1.54, 1.807) is 36.4 Å². The molecule has 0 aromatic heterocycles. The number of hydrogen-bond acceptors (Lipinski definition) is 6. The van der Waals surface area contributed by atoms with Crippen LogP contribution in [0.3, 0.4) is 0 Å². The number of likely N-dealkylation sites (N-methyl/N-ethyl adjacent to an activating group) is 1. The first-order valence-electron chi connectivity index (χ1n) is 9.89. The summed E-state index contributed by atoms with van der Waals surface area (Å²) in [6.45, 7) is 4.48. The fourth-order valence-corrected chi connectivity index (χ4v) is 4.31. The summed E-state index contributed by atoms with van der Waals surface area (Å²) in [5.41, 5.74) is 1.96. The lowest BCUT2D eigenvalue weighted by Crippen LogP contribution is -2.45. The highest BCUT2D eigenvalue weighted by Gasteiger charge is 2.24. The lowest BCUT2D eigenvalue weighted by atomic mass is 10.1. The minimum atomic E-state index is -3.76. The number of carbonyl (C=O) groups excluding carboxylic acids is 2. The molecule has 9 nitrogen and oxygen atoms in total. The second kappa shape index (κ2) is 9.46. The summed E-state index contributed by atoms with van der Waals surface area (Å²) in [5, 5.41) is 5.41. The molecule has 0 aliphatic carbocycles. The Hall–Kier alpha value is -2.95. The number of anilines is 3. The third-order valence-corrected chi connectivity index (χ3v) is 6.53. The van der Waals surface area contributed by atoms with Crippen LogP contribution in [0.5, 0.6) is 0 Å². The molecular weight excluding hydrogens is 418 g/mol. The van der Waals surface area contributed by atoms with Crippen molar-refractivity contribution in [2.45, 2.75) is 11.8 Å². The highest BCUT2D eigenvalue weighted by molar-refractivity contribution is 7.89.